The maximum Gasteiger partial charge on any atom is 0.122 e. The van der Waals surface area contributed by atoms with Crippen LogP contribution in [0.25, 0.3) is 11.6 Å². The second kappa shape index (κ2) is 12.9. The Labute approximate surface area is 209 Å². The first-order valence-corrected chi connectivity index (χ1v) is 11.9. The molecule has 0 saturated heterocycles. The van der Waals surface area contributed by atoms with Crippen LogP contribution in [0.3, 0.4) is 0 Å². The number of aromatic hydroxyl groups is 1. The van der Waals surface area contributed by atoms with Crippen molar-refractivity contribution >= 4 is 27.6 Å². The fraction of sp³-hybridized carbons (Fsp3) is 0.172. The number of aliphatic hydroxyl groups is 2. The standard InChI is InChI=1S/C29H29BrO4/c1-21(20-34-26-10-6-3-7-11-26)27(16-17-31)29(33)14-12-23(22-8-4-2-5-9-22)18-24-19-25(30)13-15-28(24)32/h2-11,13,15-16,18-19,29,31-33H,1,12,14,17,20H2/b23-18-,27-16-. The van der Waals surface area contributed by atoms with Gasteiger partial charge in [-0.1, -0.05) is 77.1 Å². The Kier molecular flexibility index (Phi) is 9.71. The van der Waals surface area contributed by atoms with Crippen molar-refractivity contribution < 1.29 is 20.1 Å². The van der Waals surface area contributed by atoms with Gasteiger partial charge in [-0.05, 0) is 71.5 Å². The molecule has 3 rings (SSSR count). The normalized spacial score (nSPS) is 12.9. The second-order valence-corrected chi connectivity index (χ2v) is 8.76. The highest BCUT2D eigenvalue weighted by atomic mass is 79.9. The maximum atomic E-state index is 11.0. The molecule has 0 bridgehead atoms. The van der Waals surface area contributed by atoms with Crippen LogP contribution in [0.5, 0.6) is 11.5 Å². The third kappa shape index (κ3) is 7.45. The van der Waals surface area contributed by atoms with Gasteiger partial charge in [0.1, 0.15) is 18.1 Å². The predicted octanol–water partition coefficient (Wildman–Crippen LogP) is 6.39. The Morgan fingerprint density at radius 3 is 2.35 bits per heavy atom. The van der Waals surface area contributed by atoms with E-state index in [-0.39, 0.29) is 19.0 Å². The summed E-state index contributed by atoms with van der Waals surface area (Å²) in [4.78, 5) is 0. The number of para-hydroxylation sites is 1. The zero-order valence-electron chi connectivity index (χ0n) is 18.9. The summed E-state index contributed by atoms with van der Waals surface area (Å²) < 4.78 is 6.63. The summed E-state index contributed by atoms with van der Waals surface area (Å²) in [6, 6.07) is 24.6. The smallest absolute Gasteiger partial charge is 0.122 e. The maximum absolute atomic E-state index is 11.0. The second-order valence-electron chi connectivity index (χ2n) is 7.84. The Balaban J connectivity index is 1.76. The lowest BCUT2D eigenvalue weighted by molar-refractivity contribution is 0.200. The number of hydrogen-bond acceptors (Lipinski definition) is 4. The van der Waals surface area contributed by atoms with Gasteiger partial charge in [-0.2, -0.15) is 0 Å². The number of halogens is 1. The molecule has 5 heteroatoms. The van der Waals surface area contributed by atoms with Crippen LogP contribution in [-0.4, -0.2) is 34.6 Å². The van der Waals surface area contributed by atoms with Gasteiger partial charge in [0.15, 0.2) is 0 Å². The van der Waals surface area contributed by atoms with Crippen LogP contribution >= 0.6 is 15.9 Å². The highest BCUT2D eigenvalue weighted by molar-refractivity contribution is 9.10. The Morgan fingerprint density at radius 1 is 1.00 bits per heavy atom. The van der Waals surface area contributed by atoms with Crippen LogP contribution in [0, 0.1) is 0 Å². The number of benzene rings is 3. The molecule has 3 aromatic carbocycles. The number of ether oxygens (including phenoxy) is 1. The first-order valence-electron chi connectivity index (χ1n) is 11.1. The Morgan fingerprint density at radius 2 is 1.68 bits per heavy atom. The summed E-state index contributed by atoms with van der Waals surface area (Å²) in [6.45, 7) is 4.07. The molecular formula is C29H29BrO4. The van der Waals surface area contributed by atoms with Crippen molar-refractivity contribution in [2.75, 3.05) is 13.2 Å². The predicted molar refractivity (Wildman–Crippen MR) is 142 cm³/mol. The van der Waals surface area contributed by atoms with E-state index in [1.807, 2.05) is 72.8 Å². The van der Waals surface area contributed by atoms with E-state index in [9.17, 15) is 15.3 Å². The van der Waals surface area contributed by atoms with Crippen LogP contribution in [0.15, 0.2) is 107 Å². The van der Waals surface area contributed by atoms with Crippen LogP contribution < -0.4 is 4.74 Å². The minimum absolute atomic E-state index is 0.185. The van der Waals surface area contributed by atoms with Gasteiger partial charge in [-0.15, -0.1) is 0 Å². The Bertz CT molecular complexity index is 1140. The summed E-state index contributed by atoms with van der Waals surface area (Å²) in [6.07, 6.45) is 3.64. The average Bonchev–Trinajstić information content (AvgIpc) is 2.86. The van der Waals surface area contributed by atoms with E-state index < -0.39 is 6.10 Å². The number of phenols is 1. The van der Waals surface area contributed by atoms with Crippen molar-refractivity contribution in [1.82, 2.24) is 0 Å². The molecule has 3 aromatic rings. The van der Waals surface area contributed by atoms with Crippen molar-refractivity contribution in [3.8, 4) is 11.5 Å². The fourth-order valence-electron chi connectivity index (χ4n) is 3.61. The van der Waals surface area contributed by atoms with Crippen LogP contribution in [0.4, 0.5) is 0 Å². The number of hydrogen-bond donors (Lipinski definition) is 3. The molecule has 0 aliphatic heterocycles. The highest BCUT2D eigenvalue weighted by Gasteiger charge is 2.16. The number of rotatable bonds is 11. The summed E-state index contributed by atoms with van der Waals surface area (Å²) in [7, 11) is 0. The molecule has 4 nitrogen and oxygen atoms in total. The lowest BCUT2D eigenvalue weighted by atomic mass is 9.92. The van der Waals surface area contributed by atoms with Gasteiger partial charge < -0.3 is 20.1 Å². The summed E-state index contributed by atoms with van der Waals surface area (Å²) in [5.41, 5.74) is 3.85. The van der Waals surface area contributed by atoms with Crippen molar-refractivity contribution in [3.05, 3.63) is 118 Å². The van der Waals surface area contributed by atoms with Crippen molar-refractivity contribution in [1.29, 1.82) is 0 Å². The van der Waals surface area contributed by atoms with Crippen molar-refractivity contribution in [2.45, 2.75) is 18.9 Å². The molecule has 0 radical (unpaired) electrons. The molecular weight excluding hydrogens is 492 g/mol. The van der Waals surface area contributed by atoms with Crippen LogP contribution in [-0.2, 0) is 0 Å². The number of aliphatic hydroxyl groups excluding tert-OH is 2. The molecule has 0 aliphatic carbocycles. The molecule has 0 spiro atoms. The van der Waals surface area contributed by atoms with Crippen molar-refractivity contribution in [3.63, 3.8) is 0 Å². The minimum Gasteiger partial charge on any atom is -0.507 e. The van der Waals surface area contributed by atoms with E-state index in [2.05, 4.69) is 22.5 Å². The molecule has 1 atom stereocenters. The monoisotopic (exact) mass is 520 g/mol. The van der Waals surface area contributed by atoms with Gasteiger partial charge in [-0.25, -0.2) is 0 Å². The van der Waals surface area contributed by atoms with E-state index in [1.165, 1.54) is 0 Å². The molecule has 1 unspecified atom stereocenters. The first-order chi connectivity index (χ1) is 16.5. The molecule has 0 fully saturated rings. The largest absolute Gasteiger partial charge is 0.507 e. The van der Waals surface area contributed by atoms with Crippen molar-refractivity contribution in [2.24, 2.45) is 0 Å². The molecule has 0 aromatic heterocycles. The minimum atomic E-state index is -0.831. The van der Waals surface area contributed by atoms with Crippen LogP contribution in [0.2, 0.25) is 0 Å². The first kappa shape index (κ1) is 25.5. The highest BCUT2D eigenvalue weighted by Crippen LogP contribution is 2.30. The third-order valence-electron chi connectivity index (χ3n) is 5.39. The number of phenolic OH excluding ortho intramolecular Hbond substituents is 1. The lowest BCUT2D eigenvalue weighted by Crippen LogP contribution is -2.16. The van der Waals surface area contributed by atoms with E-state index >= 15 is 0 Å². The van der Waals surface area contributed by atoms with Gasteiger partial charge >= 0.3 is 0 Å². The molecule has 3 N–H and O–H groups in total. The zero-order chi connectivity index (χ0) is 24.3. The Hall–Kier alpha value is -3.12. The topological polar surface area (TPSA) is 69.9 Å². The molecule has 0 aliphatic rings. The molecule has 0 heterocycles. The summed E-state index contributed by atoms with van der Waals surface area (Å²) in [5.74, 6) is 0.897. The summed E-state index contributed by atoms with van der Waals surface area (Å²) >= 11 is 3.46. The summed E-state index contributed by atoms with van der Waals surface area (Å²) in [5, 5.41) is 30.8. The zero-order valence-corrected chi connectivity index (χ0v) is 20.5. The SMILES string of the molecule is C=C(COc1ccccc1)/C(=C/CO)C(O)CC/C(=C/c1cc(Br)ccc1O)c1ccccc1. The van der Waals surface area contributed by atoms with E-state index in [0.717, 1.165) is 15.6 Å². The average molecular weight is 521 g/mol. The van der Waals surface area contributed by atoms with Gasteiger partial charge in [0.05, 0.1) is 12.7 Å². The molecule has 34 heavy (non-hydrogen) atoms. The van der Waals surface area contributed by atoms with Gasteiger partial charge in [0, 0.05) is 10.0 Å². The van der Waals surface area contributed by atoms with Gasteiger partial charge in [0.25, 0.3) is 0 Å². The van der Waals surface area contributed by atoms with Gasteiger partial charge in [0.2, 0.25) is 0 Å². The lowest BCUT2D eigenvalue weighted by Gasteiger charge is -2.19. The third-order valence-corrected chi connectivity index (χ3v) is 5.88. The van der Waals surface area contributed by atoms with E-state index in [4.69, 9.17) is 4.74 Å². The molecule has 0 saturated carbocycles. The molecule has 0 amide bonds. The number of allylic oxidation sites excluding steroid dienone is 1. The fourth-order valence-corrected chi connectivity index (χ4v) is 3.99. The molecule has 176 valence electrons. The van der Waals surface area contributed by atoms with Gasteiger partial charge in [-0.3, -0.25) is 0 Å². The quantitative estimate of drug-likeness (QED) is 0.202. The van der Waals surface area contributed by atoms with Crippen LogP contribution in [0.1, 0.15) is 24.0 Å². The van der Waals surface area contributed by atoms with E-state index in [0.29, 0.717) is 35.3 Å². The van der Waals surface area contributed by atoms with E-state index in [1.54, 1.807) is 18.2 Å².